The summed E-state index contributed by atoms with van der Waals surface area (Å²) >= 11 is 0. The van der Waals surface area contributed by atoms with E-state index >= 15 is 0 Å². The maximum atomic E-state index is 13.6. The Hall–Kier alpha value is -1.25. The zero-order valence-corrected chi connectivity index (χ0v) is 13.0. The van der Waals surface area contributed by atoms with Crippen LogP contribution in [0.3, 0.4) is 0 Å². The van der Waals surface area contributed by atoms with E-state index in [2.05, 4.69) is 0 Å². The Balaban J connectivity index is 2.89. The van der Waals surface area contributed by atoms with E-state index in [1.54, 1.807) is 0 Å². The lowest BCUT2D eigenvalue weighted by atomic mass is 9.89. The van der Waals surface area contributed by atoms with E-state index in [9.17, 15) is 22.3 Å². The molecule has 0 aliphatic heterocycles. The molecule has 0 aliphatic carbocycles. The van der Waals surface area contributed by atoms with Crippen molar-refractivity contribution < 1.29 is 22.3 Å². The lowest BCUT2D eigenvalue weighted by Gasteiger charge is -2.22. The topological polar surface area (TPSA) is 92.4 Å². The minimum absolute atomic E-state index is 0.206. The molecule has 120 valence electrons. The second-order valence-corrected chi connectivity index (χ2v) is 7.79. The Morgan fingerprint density at radius 3 is 2.19 bits per heavy atom. The van der Waals surface area contributed by atoms with Crippen molar-refractivity contribution in [3.63, 3.8) is 0 Å². The van der Waals surface area contributed by atoms with Crippen molar-refractivity contribution in [3.8, 4) is 0 Å². The second kappa shape index (κ2) is 6.25. The van der Waals surface area contributed by atoms with Crippen molar-refractivity contribution in [1.82, 2.24) is 4.72 Å². The van der Waals surface area contributed by atoms with Crippen LogP contribution in [0.2, 0.25) is 0 Å². The molecule has 0 saturated heterocycles. The van der Waals surface area contributed by atoms with Crippen molar-refractivity contribution in [3.05, 3.63) is 23.8 Å². The van der Waals surface area contributed by atoms with Gasteiger partial charge in [0.15, 0.2) is 4.90 Å². The molecule has 0 heterocycles. The summed E-state index contributed by atoms with van der Waals surface area (Å²) in [6.45, 7) is 5.31. The molecule has 1 rings (SSSR count). The smallest absolute Gasteiger partial charge is 0.246 e. The van der Waals surface area contributed by atoms with Gasteiger partial charge in [0, 0.05) is 12.2 Å². The van der Waals surface area contributed by atoms with E-state index in [1.165, 1.54) is 0 Å². The molecule has 1 aromatic rings. The van der Waals surface area contributed by atoms with Crippen LogP contribution in [0, 0.1) is 17.0 Å². The summed E-state index contributed by atoms with van der Waals surface area (Å²) in [5.41, 5.74) is 4.81. The Labute approximate surface area is 123 Å². The lowest BCUT2D eigenvalue weighted by Crippen LogP contribution is -2.35. The van der Waals surface area contributed by atoms with Gasteiger partial charge in [-0.15, -0.1) is 0 Å². The molecule has 0 amide bonds. The molecule has 1 aromatic carbocycles. The molecule has 0 saturated carbocycles. The third kappa shape index (κ3) is 5.22. The van der Waals surface area contributed by atoms with E-state index in [0.717, 1.165) is 12.1 Å². The number of hydrogen-bond donors (Lipinski definition) is 3. The Morgan fingerprint density at radius 2 is 1.76 bits per heavy atom. The summed E-state index contributed by atoms with van der Waals surface area (Å²) in [7, 11) is -4.40. The van der Waals surface area contributed by atoms with Crippen LogP contribution in [-0.4, -0.2) is 26.2 Å². The summed E-state index contributed by atoms with van der Waals surface area (Å²) in [6.07, 6.45) is -0.623. The van der Waals surface area contributed by atoms with E-state index in [-0.39, 0.29) is 17.6 Å². The Morgan fingerprint density at radius 1 is 1.29 bits per heavy atom. The fraction of sp³-hybridized carbons (Fsp3) is 0.538. The number of sulfonamides is 1. The first kappa shape index (κ1) is 17.8. The summed E-state index contributed by atoms with van der Waals surface area (Å²) in [5, 5.41) is 9.74. The van der Waals surface area contributed by atoms with E-state index in [4.69, 9.17) is 5.73 Å². The third-order valence-corrected chi connectivity index (χ3v) is 4.12. The van der Waals surface area contributed by atoms with Crippen LogP contribution in [0.5, 0.6) is 0 Å². The molecule has 0 spiro atoms. The van der Waals surface area contributed by atoms with Crippen molar-refractivity contribution in [2.24, 2.45) is 5.41 Å². The average molecular weight is 322 g/mol. The molecule has 21 heavy (non-hydrogen) atoms. The van der Waals surface area contributed by atoms with Crippen LogP contribution in [0.1, 0.15) is 27.2 Å². The fourth-order valence-corrected chi connectivity index (χ4v) is 3.08. The average Bonchev–Trinajstić information content (AvgIpc) is 2.22. The van der Waals surface area contributed by atoms with E-state index in [0.29, 0.717) is 6.42 Å². The lowest BCUT2D eigenvalue weighted by molar-refractivity contribution is 0.125. The summed E-state index contributed by atoms with van der Waals surface area (Å²) in [5.74, 6) is -2.55. The number of anilines is 1. The van der Waals surface area contributed by atoms with Gasteiger partial charge in [0.05, 0.1) is 6.10 Å². The standard InChI is InChI=1S/C13H20F2N2O3S/c1-13(2,3)6-9(18)7-17-21(19,20)12-10(14)4-8(16)5-11(12)15/h4-5,9,17-18H,6-7,16H2,1-3H3. The van der Waals surface area contributed by atoms with Gasteiger partial charge in [0.1, 0.15) is 11.6 Å². The first-order chi connectivity index (χ1) is 9.42. The molecule has 0 aromatic heterocycles. The van der Waals surface area contributed by atoms with E-state index < -0.39 is 32.7 Å². The molecule has 5 nitrogen and oxygen atoms in total. The zero-order chi connectivity index (χ0) is 16.4. The summed E-state index contributed by atoms with van der Waals surface area (Å²) < 4.78 is 53.0. The van der Waals surface area contributed by atoms with Gasteiger partial charge >= 0.3 is 0 Å². The number of nitrogens with one attached hydrogen (secondary N) is 1. The normalized spacial score (nSPS) is 14.2. The van der Waals surface area contributed by atoms with Crippen molar-refractivity contribution >= 4 is 15.7 Å². The number of aliphatic hydroxyl groups is 1. The van der Waals surface area contributed by atoms with Crippen LogP contribution in [-0.2, 0) is 10.0 Å². The minimum atomic E-state index is -4.40. The first-order valence-corrected chi connectivity index (χ1v) is 7.83. The summed E-state index contributed by atoms with van der Waals surface area (Å²) in [6, 6.07) is 1.45. The number of aliphatic hydroxyl groups excluding tert-OH is 1. The number of benzene rings is 1. The molecular formula is C13H20F2N2O3S. The maximum Gasteiger partial charge on any atom is 0.246 e. The quantitative estimate of drug-likeness (QED) is 0.718. The van der Waals surface area contributed by atoms with Gasteiger partial charge in [-0.1, -0.05) is 20.8 Å². The number of nitrogens with two attached hydrogens (primary N) is 1. The van der Waals surface area contributed by atoms with Gasteiger partial charge in [-0.05, 0) is 24.0 Å². The highest BCUT2D eigenvalue weighted by atomic mass is 32.2. The predicted molar refractivity (Wildman–Crippen MR) is 76.0 cm³/mol. The Bertz CT molecular complexity index is 589. The van der Waals surface area contributed by atoms with Gasteiger partial charge in [0.2, 0.25) is 10.0 Å². The SMILES string of the molecule is CC(C)(C)CC(O)CNS(=O)(=O)c1c(F)cc(N)cc1F. The highest BCUT2D eigenvalue weighted by molar-refractivity contribution is 7.89. The number of hydrogen-bond acceptors (Lipinski definition) is 4. The predicted octanol–water partition coefficient (Wildman–Crippen LogP) is 1.62. The number of nitrogen functional groups attached to an aromatic ring is 1. The number of halogens is 2. The zero-order valence-electron chi connectivity index (χ0n) is 12.2. The van der Waals surface area contributed by atoms with Crippen molar-refractivity contribution in [1.29, 1.82) is 0 Å². The third-order valence-electron chi connectivity index (χ3n) is 2.65. The van der Waals surface area contributed by atoms with Crippen LogP contribution in [0.25, 0.3) is 0 Å². The molecule has 8 heteroatoms. The van der Waals surface area contributed by atoms with Gasteiger partial charge < -0.3 is 10.8 Å². The van der Waals surface area contributed by atoms with Gasteiger partial charge in [-0.3, -0.25) is 0 Å². The molecular weight excluding hydrogens is 302 g/mol. The van der Waals surface area contributed by atoms with Crippen molar-refractivity contribution in [2.75, 3.05) is 12.3 Å². The molecule has 0 bridgehead atoms. The van der Waals surface area contributed by atoms with Crippen LogP contribution in [0.15, 0.2) is 17.0 Å². The molecule has 0 aliphatic rings. The van der Waals surface area contributed by atoms with Gasteiger partial charge in [0.25, 0.3) is 0 Å². The van der Waals surface area contributed by atoms with Gasteiger partial charge in [-0.25, -0.2) is 21.9 Å². The summed E-state index contributed by atoms with van der Waals surface area (Å²) in [4.78, 5) is -1.10. The highest BCUT2D eigenvalue weighted by Crippen LogP contribution is 2.23. The second-order valence-electron chi connectivity index (χ2n) is 6.08. The van der Waals surface area contributed by atoms with Crippen LogP contribution in [0.4, 0.5) is 14.5 Å². The highest BCUT2D eigenvalue weighted by Gasteiger charge is 2.26. The monoisotopic (exact) mass is 322 g/mol. The minimum Gasteiger partial charge on any atom is -0.399 e. The maximum absolute atomic E-state index is 13.6. The van der Waals surface area contributed by atoms with Crippen LogP contribution >= 0.6 is 0 Å². The molecule has 0 radical (unpaired) electrons. The molecule has 0 fully saturated rings. The van der Waals surface area contributed by atoms with E-state index in [1.807, 2.05) is 25.5 Å². The molecule has 1 atom stereocenters. The van der Waals surface area contributed by atoms with Gasteiger partial charge in [-0.2, -0.15) is 0 Å². The first-order valence-electron chi connectivity index (χ1n) is 6.34. The molecule has 4 N–H and O–H groups in total. The molecule has 1 unspecified atom stereocenters. The fourth-order valence-electron chi connectivity index (χ4n) is 1.89. The van der Waals surface area contributed by atoms with Crippen molar-refractivity contribution in [2.45, 2.75) is 38.2 Å². The Kier molecular flexibility index (Phi) is 5.30. The largest absolute Gasteiger partial charge is 0.399 e. The number of rotatable bonds is 5. The van der Waals surface area contributed by atoms with Crippen LogP contribution < -0.4 is 10.5 Å².